The largest absolute Gasteiger partial charge is 0.477 e. The summed E-state index contributed by atoms with van der Waals surface area (Å²) in [6, 6.07) is 7.49. The van der Waals surface area contributed by atoms with E-state index in [1.807, 2.05) is 24.3 Å². The van der Waals surface area contributed by atoms with Crippen molar-refractivity contribution in [2.45, 2.75) is 6.42 Å². The number of aromatic carboxylic acids is 1. The number of H-pyrrole nitrogens is 1. The molecular weight excluding hydrogens is 282 g/mol. The van der Waals surface area contributed by atoms with Crippen LogP contribution in [0.5, 0.6) is 0 Å². The van der Waals surface area contributed by atoms with Crippen LogP contribution in [-0.2, 0) is 0 Å². The van der Waals surface area contributed by atoms with Gasteiger partial charge in [-0.15, -0.1) is 0 Å². The fraction of sp³-hybridized carbons (Fsp3) is 0.154. The molecule has 17 heavy (non-hydrogen) atoms. The minimum absolute atomic E-state index is 0.224. The van der Waals surface area contributed by atoms with E-state index in [9.17, 15) is 4.79 Å². The van der Waals surface area contributed by atoms with Crippen molar-refractivity contribution in [2.75, 3.05) is 5.33 Å². The average molecular weight is 294 g/mol. The lowest BCUT2D eigenvalue weighted by molar-refractivity contribution is 0.0691. The van der Waals surface area contributed by atoms with Crippen LogP contribution in [0, 0.1) is 0 Å². The Kier molecular flexibility index (Phi) is 3.64. The normalized spacial score (nSPS) is 11.4. The lowest BCUT2D eigenvalue weighted by atomic mass is 10.1. The molecule has 0 saturated carbocycles. The molecule has 0 aliphatic carbocycles. The number of rotatable bonds is 4. The Hall–Kier alpha value is -1.55. The summed E-state index contributed by atoms with van der Waals surface area (Å²) in [7, 11) is 0. The van der Waals surface area contributed by atoms with Gasteiger partial charge in [-0.1, -0.05) is 34.1 Å². The fourth-order valence-corrected chi connectivity index (χ4v) is 1.92. The van der Waals surface area contributed by atoms with Crippen LogP contribution in [0.3, 0.4) is 0 Å². The molecule has 0 aliphatic rings. The van der Waals surface area contributed by atoms with Crippen molar-refractivity contribution >= 4 is 38.9 Å². The molecule has 0 fully saturated rings. The molecule has 0 spiro atoms. The predicted molar refractivity (Wildman–Crippen MR) is 72.7 cm³/mol. The SMILES string of the molecule is O=C(O)c1cc2cc(C=CCCBr)ccc2[nH]1. The number of hydrogen-bond acceptors (Lipinski definition) is 1. The van der Waals surface area contributed by atoms with E-state index in [0.29, 0.717) is 0 Å². The fourth-order valence-electron chi connectivity index (χ4n) is 1.65. The Morgan fingerprint density at radius 1 is 1.41 bits per heavy atom. The zero-order valence-electron chi connectivity index (χ0n) is 9.11. The number of nitrogens with one attached hydrogen (secondary N) is 1. The highest BCUT2D eigenvalue weighted by molar-refractivity contribution is 9.09. The van der Waals surface area contributed by atoms with Crippen LogP contribution < -0.4 is 0 Å². The van der Waals surface area contributed by atoms with E-state index in [2.05, 4.69) is 27.0 Å². The molecule has 0 atom stereocenters. The van der Waals surface area contributed by atoms with Crippen molar-refractivity contribution in [3.63, 3.8) is 0 Å². The molecule has 0 bridgehead atoms. The van der Waals surface area contributed by atoms with Crippen LogP contribution in [0.2, 0.25) is 0 Å². The van der Waals surface area contributed by atoms with Gasteiger partial charge in [-0.3, -0.25) is 0 Å². The van der Waals surface area contributed by atoms with Crippen LogP contribution in [0.1, 0.15) is 22.5 Å². The molecule has 0 aliphatic heterocycles. The van der Waals surface area contributed by atoms with Gasteiger partial charge in [0.05, 0.1) is 0 Å². The maximum atomic E-state index is 10.8. The van der Waals surface area contributed by atoms with E-state index in [1.165, 1.54) is 0 Å². The van der Waals surface area contributed by atoms with Gasteiger partial charge in [-0.2, -0.15) is 0 Å². The molecule has 4 heteroatoms. The molecule has 0 amide bonds. The molecule has 0 unspecified atom stereocenters. The quantitative estimate of drug-likeness (QED) is 0.845. The number of hydrogen-bond donors (Lipinski definition) is 2. The average Bonchev–Trinajstić information content (AvgIpc) is 2.72. The van der Waals surface area contributed by atoms with Crippen LogP contribution in [0.25, 0.3) is 17.0 Å². The van der Waals surface area contributed by atoms with Crippen molar-refractivity contribution in [3.05, 3.63) is 41.6 Å². The molecule has 2 aromatic rings. The molecule has 0 radical (unpaired) electrons. The molecule has 1 aromatic carbocycles. The summed E-state index contributed by atoms with van der Waals surface area (Å²) >= 11 is 3.36. The molecule has 2 rings (SSSR count). The van der Waals surface area contributed by atoms with Gasteiger partial charge in [0, 0.05) is 16.2 Å². The second-order valence-corrected chi connectivity index (χ2v) is 4.51. The minimum atomic E-state index is -0.933. The zero-order chi connectivity index (χ0) is 12.3. The van der Waals surface area contributed by atoms with Crippen LogP contribution >= 0.6 is 15.9 Å². The number of fused-ring (bicyclic) bond motifs is 1. The van der Waals surface area contributed by atoms with Crippen molar-refractivity contribution in [2.24, 2.45) is 0 Å². The van der Waals surface area contributed by atoms with Crippen molar-refractivity contribution in [1.29, 1.82) is 0 Å². The molecule has 1 aromatic heterocycles. The second kappa shape index (κ2) is 5.19. The summed E-state index contributed by atoms with van der Waals surface area (Å²) in [4.78, 5) is 13.7. The van der Waals surface area contributed by atoms with Gasteiger partial charge in [0.1, 0.15) is 5.69 Å². The van der Waals surface area contributed by atoms with Crippen molar-refractivity contribution < 1.29 is 9.90 Å². The first-order valence-corrected chi connectivity index (χ1v) is 6.41. The van der Waals surface area contributed by atoms with E-state index in [1.54, 1.807) is 6.07 Å². The Labute approximate surface area is 107 Å². The standard InChI is InChI=1S/C13H12BrNO2/c14-6-2-1-3-9-4-5-11-10(7-9)8-12(15-11)13(16)17/h1,3-5,7-8,15H,2,6H2,(H,16,17). The zero-order valence-corrected chi connectivity index (χ0v) is 10.7. The van der Waals surface area contributed by atoms with Crippen molar-refractivity contribution in [3.8, 4) is 0 Å². The highest BCUT2D eigenvalue weighted by Gasteiger charge is 2.06. The number of carboxylic acid groups (broad SMARTS) is 1. The van der Waals surface area contributed by atoms with Gasteiger partial charge >= 0.3 is 5.97 Å². The summed E-state index contributed by atoms with van der Waals surface area (Å²) in [5.41, 5.74) is 2.15. The molecule has 3 nitrogen and oxygen atoms in total. The Morgan fingerprint density at radius 2 is 2.24 bits per heavy atom. The van der Waals surface area contributed by atoms with Gasteiger partial charge in [-0.25, -0.2) is 4.79 Å². The smallest absolute Gasteiger partial charge is 0.352 e. The van der Waals surface area contributed by atoms with Gasteiger partial charge < -0.3 is 10.1 Å². The Morgan fingerprint density at radius 3 is 2.94 bits per heavy atom. The first kappa shape index (κ1) is 11.9. The molecule has 88 valence electrons. The predicted octanol–water partition coefficient (Wildman–Crippen LogP) is 3.66. The lowest BCUT2D eigenvalue weighted by Gasteiger charge is -1.94. The van der Waals surface area contributed by atoms with Gasteiger partial charge in [0.2, 0.25) is 0 Å². The topological polar surface area (TPSA) is 53.1 Å². The Balaban J connectivity index is 2.33. The third-order valence-electron chi connectivity index (χ3n) is 2.46. The van der Waals surface area contributed by atoms with Gasteiger partial charge in [-0.05, 0) is 30.2 Å². The first-order chi connectivity index (χ1) is 8.20. The third kappa shape index (κ3) is 2.77. The maximum Gasteiger partial charge on any atom is 0.352 e. The van der Waals surface area contributed by atoms with Gasteiger partial charge in [0.15, 0.2) is 0 Å². The number of benzene rings is 1. The Bertz CT molecular complexity index is 572. The monoisotopic (exact) mass is 293 g/mol. The first-order valence-electron chi connectivity index (χ1n) is 5.29. The summed E-state index contributed by atoms with van der Waals surface area (Å²) in [6.45, 7) is 0. The lowest BCUT2D eigenvalue weighted by Crippen LogP contribution is -1.94. The molecule has 2 N–H and O–H groups in total. The highest BCUT2D eigenvalue weighted by Crippen LogP contribution is 2.18. The molecule has 0 saturated heterocycles. The summed E-state index contributed by atoms with van der Waals surface area (Å²) in [6.07, 6.45) is 5.10. The second-order valence-electron chi connectivity index (χ2n) is 3.71. The summed E-state index contributed by atoms with van der Waals surface area (Å²) in [5.74, 6) is -0.933. The third-order valence-corrected chi connectivity index (χ3v) is 2.92. The minimum Gasteiger partial charge on any atom is -0.477 e. The van der Waals surface area contributed by atoms with Crippen LogP contribution in [0.15, 0.2) is 30.3 Å². The number of alkyl halides is 1. The van der Waals surface area contributed by atoms with Gasteiger partial charge in [0.25, 0.3) is 0 Å². The number of aromatic nitrogens is 1. The number of aromatic amines is 1. The van der Waals surface area contributed by atoms with Crippen LogP contribution in [-0.4, -0.2) is 21.4 Å². The van der Waals surface area contributed by atoms with E-state index < -0.39 is 5.97 Å². The van der Waals surface area contributed by atoms with Crippen molar-refractivity contribution in [1.82, 2.24) is 4.98 Å². The number of carboxylic acids is 1. The number of allylic oxidation sites excluding steroid dienone is 1. The maximum absolute atomic E-state index is 10.8. The molecule has 1 heterocycles. The van der Waals surface area contributed by atoms with Crippen LogP contribution in [0.4, 0.5) is 0 Å². The highest BCUT2D eigenvalue weighted by atomic mass is 79.9. The summed E-state index contributed by atoms with van der Waals surface area (Å²) < 4.78 is 0. The molecular formula is C13H12BrNO2. The van der Waals surface area contributed by atoms with E-state index in [0.717, 1.165) is 28.2 Å². The summed E-state index contributed by atoms with van der Waals surface area (Å²) in [5, 5.41) is 10.7. The van der Waals surface area contributed by atoms with E-state index >= 15 is 0 Å². The van der Waals surface area contributed by atoms with E-state index in [4.69, 9.17) is 5.11 Å². The van der Waals surface area contributed by atoms with E-state index in [-0.39, 0.29) is 5.69 Å². The number of halogens is 1. The number of carbonyl (C=O) groups is 1.